The van der Waals surface area contributed by atoms with Gasteiger partial charge in [-0.1, -0.05) is 0 Å². The summed E-state index contributed by atoms with van der Waals surface area (Å²) in [5, 5.41) is -16.6. The van der Waals surface area contributed by atoms with Crippen LogP contribution in [0.25, 0.3) is 0 Å². The second-order valence-electron chi connectivity index (χ2n) is 7.48. The molecule has 0 rings (SSSR count). The molecule has 0 aromatic heterocycles. The quantitative estimate of drug-likeness (QED) is 0.155. The Hall–Kier alpha value is -4.27. The number of hydrogen-bond acceptors (Lipinski definition) is 16. The summed E-state index contributed by atoms with van der Waals surface area (Å²) in [6.07, 6.45) is 0. The molecule has 0 aromatic carbocycles. The minimum atomic E-state index is -8.64. The maximum atomic E-state index is 11.2. The molecule has 0 N–H and O–H groups in total. The average Bonchev–Trinajstić information content (AvgIpc) is 2.99. The van der Waals surface area contributed by atoms with Gasteiger partial charge in [0, 0.05) is 0 Å². The van der Waals surface area contributed by atoms with E-state index in [-0.39, 0.29) is 0 Å². The first-order valence-corrected chi connectivity index (χ1v) is 16.5. The van der Waals surface area contributed by atoms with Crippen molar-refractivity contribution in [1.82, 2.24) is 0 Å². The Morgan fingerprint density at radius 2 is 0.235 bits per heavy atom. The van der Waals surface area contributed by atoms with Crippen molar-refractivity contribution in [3.63, 3.8) is 0 Å². The Kier molecular flexibility index (Phi) is 4.52. The van der Waals surface area contributed by atoms with Gasteiger partial charge in [-0.2, -0.15) is 0 Å². The van der Waals surface area contributed by atoms with Gasteiger partial charge in [0.05, 0.1) is 0 Å². The molecule has 0 aliphatic carbocycles. The van der Waals surface area contributed by atoms with Crippen molar-refractivity contribution in [2.75, 3.05) is 0 Å². The van der Waals surface area contributed by atoms with Crippen LogP contribution in [0, 0.1) is 0 Å². The Morgan fingerprint density at radius 3 is 0.235 bits per heavy atom. The molecule has 0 aliphatic rings. The van der Waals surface area contributed by atoms with Crippen LogP contribution in [-0.4, -0.2) is 83.5 Å². The molecule has 0 fully saturated rings. The van der Waals surface area contributed by atoms with Gasteiger partial charge in [-0.3, -0.25) is 0 Å². The molecule has 194 valence electrons. The van der Waals surface area contributed by atoms with Crippen molar-refractivity contribution in [3.05, 3.63) is 0 Å². The summed E-state index contributed by atoms with van der Waals surface area (Å²) in [6, 6.07) is 0. The van der Waals surface area contributed by atoms with E-state index in [1.165, 1.54) is 0 Å². The van der Waals surface area contributed by atoms with Crippen LogP contribution in [0.4, 0.5) is 0 Å². The van der Waals surface area contributed by atoms with Crippen LogP contribution in [0.2, 0.25) is 0 Å². The maximum absolute atomic E-state index is 11.2. The zero-order valence-corrected chi connectivity index (χ0v) is 18.5. The molecule has 0 radical (unpaired) electrons. The normalized spacial score (nSPS) is 19.8. The summed E-state index contributed by atoms with van der Waals surface area (Å²) in [5.74, 6) is 0. The van der Waals surface area contributed by atoms with E-state index < -0.39 is 100 Å². The predicted octanol–water partition coefficient (Wildman–Crippen LogP) is -4.39. The van der Waals surface area contributed by atoms with Gasteiger partial charge in [0.2, 0.25) is 0 Å². The fourth-order valence-electron chi connectivity index (χ4n) is 1.04. The van der Waals surface area contributed by atoms with Gasteiger partial charge in [-0.05, 0) is 0 Å². The second kappa shape index (κ2) is 4.82. The van der Waals surface area contributed by atoms with Gasteiger partial charge in [0.1, 0.15) is 0 Å². The van der Waals surface area contributed by atoms with Gasteiger partial charge >= 0.3 is 177 Å². The topological polar surface area (TPSA) is 273 Å². The van der Waals surface area contributed by atoms with E-state index in [4.69, 9.17) is 0 Å². The van der Waals surface area contributed by atoms with E-state index in [9.17, 15) is 76.7 Å². The molecule has 0 amide bonds. The van der Waals surface area contributed by atoms with E-state index in [1.54, 1.807) is 0 Å². The Morgan fingerprint density at radius 1 is 0.176 bits per heavy atom. The average molecular weight is 582 g/mol. The van der Waals surface area contributed by atoms with Crippen molar-refractivity contribution >= 4 is 83.5 Å². The monoisotopic (exact) mass is 582 g/mol. The predicted molar refractivity (Wildman–Crippen MR) is 108 cm³/mol. The molecule has 34 heavy (non-hydrogen) atoms. The summed E-state index contributed by atoms with van der Waals surface area (Å²) in [6.45, 7) is 0. The van der Waals surface area contributed by atoms with E-state index >= 15 is 0 Å². The number of hydrogen-bond donors (Lipinski definition) is 0. The van der Waals surface area contributed by atoms with E-state index in [0.717, 1.165) is 0 Å². The minimum absolute atomic E-state index is 1.04. The van der Waals surface area contributed by atoms with Crippen molar-refractivity contribution in [2.45, 2.75) is 0 Å². The van der Waals surface area contributed by atoms with Crippen molar-refractivity contribution in [2.24, 2.45) is 0 Å². The van der Waals surface area contributed by atoms with E-state index in [2.05, 4.69) is 0 Å². The molecule has 0 bridgehead atoms. The summed E-state index contributed by atoms with van der Waals surface area (Å²) >= 11 is 0. The third-order valence-corrected chi connectivity index (χ3v) is 20.9. The summed E-state index contributed by atoms with van der Waals surface area (Å²) in [5.41, 5.74) is 0. The van der Waals surface area contributed by atoms with Gasteiger partial charge in [0.15, 0.2) is 0 Å². The molecule has 18 heteroatoms. The number of rotatable bonds is 16. The van der Waals surface area contributed by atoms with Crippen LogP contribution in [0.3, 0.4) is 0 Å². The van der Waals surface area contributed by atoms with Crippen LogP contribution in [0.5, 0.6) is 0 Å². The first kappa shape index (κ1) is 31.9. The zero-order valence-electron chi connectivity index (χ0n) is 16.4. The van der Waals surface area contributed by atoms with Crippen molar-refractivity contribution in [1.29, 1.82) is 0 Å². The molecule has 16 nitrogen and oxygen atoms in total. The van der Waals surface area contributed by atoms with Crippen molar-refractivity contribution < 1.29 is 93.6 Å². The standard InChI is InChI=1S/16CHO.2Co/c16*1-2;;/h16*1H;;. The molecular formula is C16H16Co2O16. The van der Waals surface area contributed by atoms with Gasteiger partial charge in [-0.15, -0.1) is 0 Å². The summed E-state index contributed by atoms with van der Waals surface area (Å²) < 4.78 is 0. The molecule has 0 heterocycles. The second-order valence-corrected chi connectivity index (χ2v) is 30.8. The number of carbonyl (C=O) groups is 16. The fourth-order valence-corrected chi connectivity index (χ4v) is 4.28. The van der Waals surface area contributed by atoms with Crippen LogP contribution < -0.4 is 0 Å². The van der Waals surface area contributed by atoms with Crippen molar-refractivity contribution in [3.8, 4) is 0 Å². The van der Waals surface area contributed by atoms with Crippen LogP contribution in [0.1, 0.15) is 0 Å². The summed E-state index contributed by atoms with van der Waals surface area (Å²) in [7, 11) is -17.3. The molecule has 0 aliphatic heterocycles. The van der Waals surface area contributed by atoms with Crippen LogP contribution in [0.15, 0.2) is 0 Å². The molecule has 0 atom stereocenters. The first-order valence-electron chi connectivity index (χ1n) is 6.85. The SMILES string of the molecule is O=[CH][Co]([CH]=O)([CH]=O)([CH]=O)([CH]=O)([CH]=O)([CH]=O)[CH]=O.O=[CH][Co]([CH]=O)([CH]=O)([CH]=O)([CH]=O)([CH]=O)([CH]=O)[CH]=O. The molecule has 0 saturated heterocycles. The van der Waals surface area contributed by atoms with Crippen LogP contribution in [-0.2, 0) is 93.6 Å². The molecule has 0 saturated carbocycles. The van der Waals surface area contributed by atoms with E-state index in [1.807, 2.05) is 0 Å². The Labute approximate surface area is 177 Å². The molecular weight excluding hydrogens is 566 g/mol. The van der Waals surface area contributed by atoms with Gasteiger partial charge in [-0.25, -0.2) is 0 Å². The van der Waals surface area contributed by atoms with E-state index in [0.29, 0.717) is 0 Å². The first-order chi connectivity index (χ1) is 15.3. The molecule has 0 unspecified atom stereocenters. The Balaban J connectivity index is 0. The Bertz CT molecular complexity index is 887. The van der Waals surface area contributed by atoms with Crippen LogP contribution >= 0.6 is 0 Å². The fraction of sp³-hybridized carbons (Fsp3) is 0. The summed E-state index contributed by atoms with van der Waals surface area (Å²) in [4.78, 5) is 179. The van der Waals surface area contributed by atoms with Gasteiger partial charge < -0.3 is 0 Å². The number of carbonyl (C=O) groups excluding carboxylic acids is 16. The zero-order chi connectivity index (χ0) is 28.0. The third kappa shape index (κ3) is 1.71. The third-order valence-electron chi connectivity index (χ3n) is 5.08. The molecule has 0 aromatic rings. The van der Waals surface area contributed by atoms with Gasteiger partial charge in [0.25, 0.3) is 0 Å². The molecule has 0 spiro atoms.